The average molecular weight is 268 g/mol. The standard InChI is InChI=1S/C10H18O7.H2O/c11-1-9(12)15-6-10(16-4-7-2-13-7)17-5-8-3-14-8;/h7-12H,1-6H2;1H2. The quantitative estimate of drug-likeness (QED) is 0.335. The van der Waals surface area contributed by atoms with Gasteiger partial charge in [0.15, 0.2) is 12.6 Å². The summed E-state index contributed by atoms with van der Waals surface area (Å²) in [5.41, 5.74) is 0. The SMILES string of the molecule is O.OCC(O)OCC(OCC1CO1)OCC1CO1. The molecule has 2 fully saturated rings. The van der Waals surface area contributed by atoms with Crippen LogP contribution >= 0.6 is 0 Å². The minimum atomic E-state index is -1.21. The van der Waals surface area contributed by atoms with E-state index in [1.807, 2.05) is 0 Å². The number of rotatable bonds is 10. The third-order valence-electron chi connectivity index (χ3n) is 2.32. The third-order valence-corrected chi connectivity index (χ3v) is 2.32. The summed E-state index contributed by atoms with van der Waals surface area (Å²) >= 11 is 0. The Kier molecular flexibility index (Phi) is 6.97. The largest absolute Gasteiger partial charge is 0.412 e. The highest BCUT2D eigenvalue weighted by Gasteiger charge is 2.27. The summed E-state index contributed by atoms with van der Waals surface area (Å²) < 4.78 is 25.8. The molecule has 0 aromatic heterocycles. The molecule has 2 saturated heterocycles. The number of aliphatic hydroxyl groups is 2. The van der Waals surface area contributed by atoms with Crippen LogP contribution in [0.25, 0.3) is 0 Å². The Hall–Kier alpha value is -0.320. The molecule has 0 bridgehead atoms. The molecule has 2 aliphatic rings. The third kappa shape index (κ3) is 6.57. The van der Waals surface area contributed by atoms with Crippen molar-refractivity contribution in [3.8, 4) is 0 Å². The van der Waals surface area contributed by atoms with Crippen molar-refractivity contribution in [2.24, 2.45) is 0 Å². The van der Waals surface area contributed by atoms with Crippen molar-refractivity contribution in [2.75, 3.05) is 39.6 Å². The van der Waals surface area contributed by atoms with Crippen LogP contribution in [0.5, 0.6) is 0 Å². The van der Waals surface area contributed by atoms with Crippen molar-refractivity contribution in [3.63, 3.8) is 0 Å². The van der Waals surface area contributed by atoms with E-state index in [9.17, 15) is 0 Å². The van der Waals surface area contributed by atoms with E-state index in [0.29, 0.717) is 26.4 Å². The number of epoxide rings is 2. The van der Waals surface area contributed by atoms with Gasteiger partial charge >= 0.3 is 0 Å². The van der Waals surface area contributed by atoms with E-state index in [-0.39, 0.29) is 24.3 Å². The van der Waals surface area contributed by atoms with Crippen LogP contribution in [0.4, 0.5) is 0 Å². The van der Waals surface area contributed by atoms with Crippen LogP contribution in [-0.2, 0) is 23.7 Å². The summed E-state index contributed by atoms with van der Waals surface area (Å²) in [6.45, 7) is 1.89. The zero-order chi connectivity index (χ0) is 12.1. The summed E-state index contributed by atoms with van der Waals surface area (Å²) in [6.07, 6.45) is -1.51. The van der Waals surface area contributed by atoms with Gasteiger partial charge in [0.25, 0.3) is 0 Å². The molecule has 2 aliphatic heterocycles. The molecule has 0 amide bonds. The van der Waals surface area contributed by atoms with Crippen LogP contribution in [0.15, 0.2) is 0 Å². The first-order valence-electron chi connectivity index (χ1n) is 5.65. The number of aliphatic hydroxyl groups excluding tert-OH is 2. The Morgan fingerprint density at radius 2 is 1.56 bits per heavy atom. The van der Waals surface area contributed by atoms with Crippen LogP contribution < -0.4 is 0 Å². The van der Waals surface area contributed by atoms with Crippen molar-refractivity contribution in [2.45, 2.75) is 24.8 Å². The molecule has 0 spiro atoms. The van der Waals surface area contributed by atoms with E-state index in [4.69, 9.17) is 33.9 Å². The smallest absolute Gasteiger partial charge is 0.181 e. The number of ether oxygens (including phenoxy) is 5. The summed E-state index contributed by atoms with van der Waals surface area (Å²) in [7, 11) is 0. The number of hydrogen-bond acceptors (Lipinski definition) is 7. The Morgan fingerprint density at radius 1 is 1.06 bits per heavy atom. The molecule has 4 N–H and O–H groups in total. The molecule has 0 radical (unpaired) electrons. The fourth-order valence-corrected chi connectivity index (χ4v) is 1.14. The van der Waals surface area contributed by atoms with E-state index >= 15 is 0 Å². The monoisotopic (exact) mass is 268 g/mol. The van der Waals surface area contributed by atoms with Crippen molar-refractivity contribution in [1.82, 2.24) is 0 Å². The zero-order valence-electron chi connectivity index (χ0n) is 9.99. The highest BCUT2D eigenvalue weighted by molar-refractivity contribution is 4.69. The van der Waals surface area contributed by atoms with Crippen molar-refractivity contribution in [3.05, 3.63) is 0 Å². The van der Waals surface area contributed by atoms with Crippen molar-refractivity contribution >= 4 is 0 Å². The first-order valence-corrected chi connectivity index (χ1v) is 5.65. The fourth-order valence-electron chi connectivity index (χ4n) is 1.14. The predicted octanol–water partition coefficient (Wildman–Crippen LogP) is -2.35. The summed E-state index contributed by atoms with van der Waals surface area (Å²) in [6, 6.07) is 0. The van der Waals surface area contributed by atoms with Gasteiger partial charge in [-0.2, -0.15) is 0 Å². The van der Waals surface area contributed by atoms with Gasteiger partial charge in [-0.25, -0.2) is 0 Å². The molecule has 3 unspecified atom stereocenters. The normalized spacial score (nSPS) is 28.3. The summed E-state index contributed by atoms with van der Waals surface area (Å²) in [5.74, 6) is 0. The summed E-state index contributed by atoms with van der Waals surface area (Å²) in [4.78, 5) is 0. The molecule has 0 aromatic rings. The van der Waals surface area contributed by atoms with Crippen molar-refractivity contribution in [1.29, 1.82) is 0 Å². The van der Waals surface area contributed by atoms with Crippen LogP contribution in [0, 0.1) is 0 Å². The molecule has 18 heavy (non-hydrogen) atoms. The first-order chi connectivity index (χ1) is 8.28. The van der Waals surface area contributed by atoms with Gasteiger partial charge in [0.1, 0.15) is 18.8 Å². The minimum absolute atomic E-state index is 0. The molecular weight excluding hydrogens is 248 g/mol. The number of hydrogen-bond donors (Lipinski definition) is 2. The molecule has 8 nitrogen and oxygen atoms in total. The Labute approximate surface area is 105 Å². The van der Waals surface area contributed by atoms with Gasteiger partial charge in [0.2, 0.25) is 0 Å². The molecule has 2 rings (SSSR count). The minimum Gasteiger partial charge on any atom is -0.412 e. The van der Waals surface area contributed by atoms with E-state index in [2.05, 4.69) is 0 Å². The van der Waals surface area contributed by atoms with E-state index in [1.165, 1.54) is 0 Å². The van der Waals surface area contributed by atoms with Crippen LogP contribution in [-0.4, -0.2) is 80.1 Å². The molecule has 0 aromatic carbocycles. The van der Waals surface area contributed by atoms with Gasteiger partial charge < -0.3 is 39.4 Å². The molecule has 8 heteroatoms. The highest BCUT2D eigenvalue weighted by atomic mass is 16.7. The van der Waals surface area contributed by atoms with E-state index in [0.717, 1.165) is 0 Å². The van der Waals surface area contributed by atoms with Crippen LogP contribution in [0.3, 0.4) is 0 Å². The lowest BCUT2D eigenvalue weighted by Gasteiger charge is -2.19. The Morgan fingerprint density at radius 3 is 1.94 bits per heavy atom. The van der Waals surface area contributed by atoms with Crippen LogP contribution in [0.1, 0.15) is 0 Å². The molecule has 3 atom stereocenters. The fraction of sp³-hybridized carbons (Fsp3) is 1.00. The van der Waals surface area contributed by atoms with Gasteiger partial charge in [0.05, 0.1) is 33.0 Å². The maximum atomic E-state index is 9.05. The van der Waals surface area contributed by atoms with Crippen LogP contribution in [0.2, 0.25) is 0 Å². The van der Waals surface area contributed by atoms with E-state index in [1.54, 1.807) is 0 Å². The van der Waals surface area contributed by atoms with Crippen molar-refractivity contribution < 1.29 is 39.4 Å². The molecule has 0 saturated carbocycles. The van der Waals surface area contributed by atoms with Gasteiger partial charge in [-0.1, -0.05) is 0 Å². The molecule has 108 valence electrons. The average Bonchev–Trinajstić information content (AvgIpc) is 3.20. The predicted molar refractivity (Wildman–Crippen MR) is 57.8 cm³/mol. The Bertz CT molecular complexity index is 202. The molecule has 0 aliphatic carbocycles. The lowest BCUT2D eigenvalue weighted by molar-refractivity contribution is -0.215. The lowest BCUT2D eigenvalue weighted by Crippen LogP contribution is -2.30. The second-order valence-corrected chi connectivity index (χ2v) is 3.98. The van der Waals surface area contributed by atoms with Gasteiger partial charge in [0, 0.05) is 0 Å². The van der Waals surface area contributed by atoms with E-state index < -0.39 is 19.2 Å². The second-order valence-electron chi connectivity index (χ2n) is 3.98. The molecule has 2 heterocycles. The highest BCUT2D eigenvalue weighted by Crippen LogP contribution is 2.13. The summed E-state index contributed by atoms with van der Waals surface area (Å²) in [5, 5.41) is 17.7. The topological polar surface area (TPSA) is 125 Å². The Balaban J connectivity index is 0.00000162. The van der Waals surface area contributed by atoms with Gasteiger partial charge in [-0.05, 0) is 0 Å². The molecular formula is C10H20O8. The van der Waals surface area contributed by atoms with Gasteiger partial charge in [-0.15, -0.1) is 0 Å². The zero-order valence-corrected chi connectivity index (χ0v) is 9.99. The first kappa shape index (κ1) is 15.7. The van der Waals surface area contributed by atoms with Gasteiger partial charge in [-0.3, -0.25) is 0 Å². The lowest BCUT2D eigenvalue weighted by atomic mass is 10.5. The second kappa shape index (κ2) is 7.97. The maximum absolute atomic E-state index is 9.05. The maximum Gasteiger partial charge on any atom is 0.181 e.